The fraction of sp³-hybridized carbons (Fsp3) is 0.812. The largest absolute Gasteiger partial charge is 0.337 e. The Bertz CT molecular complexity index is 480. The molecule has 0 radical (unpaired) electrons. The molecular formula is C16H25N3O2. The number of aryl methyl sites for hydroxylation is 1. The number of carbonyl (C=O) groups is 1. The summed E-state index contributed by atoms with van der Waals surface area (Å²) in [6.45, 7) is 2.94. The predicted octanol–water partition coefficient (Wildman–Crippen LogP) is 3.27. The number of aromatic nitrogens is 2. The lowest BCUT2D eigenvalue weighted by Crippen LogP contribution is -2.41. The molecule has 1 atom stereocenters. The van der Waals surface area contributed by atoms with Crippen LogP contribution in [0.3, 0.4) is 0 Å². The highest BCUT2D eigenvalue weighted by atomic mass is 16.5. The summed E-state index contributed by atoms with van der Waals surface area (Å²) in [5.41, 5.74) is 0. The second kappa shape index (κ2) is 6.58. The lowest BCUT2D eigenvalue weighted by Gasteiger charge is -2.35. The maximum atomic E-state index is 12.8. The third-order valence-corrected chi connectivity index (χ3v) is 4.73. The van der Waals surface area contributed by atoms with E-state index in [9.17, 15) is 4.79 Å². The Morgan fingerprint density at radius 1 is 1.24 bits per heavy atom. The third kappa shape index (κ3) is 3.11. The quantitative estimate of drug-likeness (QED) is 0.854. The first kappa shape index (κ1) is 14.5. The third-order valence-electron chi connectivity index (χ3n) is 4.73. The van der Waals surface area contributed by atoms with Crippen LogP contribution in [0.1, 0.15) is 76.0 Å². The van der Waals surface area contributed by atoms with Gasteiger partial charge in [-0.3, -0.25) is 4.79 Å². The van der Waals surface area contributed by atoms with E-state index < -0.39 is 0 Å². The zero-order chi connectivity index (χ0) is 14.7. The molecule has 116 valence electrons. The van der Waals surface area contributed by atoms with E-state index in [-0.39, 0.29) is 12.0 Å². The Labute approximate surface area is 126 Å². The average Bonchev–Trinajstić information content (AvgIpc) is 3.18. The summed E-state index contributed by atoms with van der Waals surface area (Å²) in [7, 11) is 0. The van der Waals surface area contributed by atoms with Gasteiger partial charge >= 0.3 is 0 Å². The van der Waals surface area contributed by atoms with E-state index in [0.29, 0.717) is 11.8 Å². The number of hydrogen-bond donors (Lipinski definition) is 0. The minimum Gasteiger partial charge on any atom is -0.337 e. The van der Waals surface area contributed by atoms with Gasteiger partial charge in [-0.1, -0.05) is 24.9 Å². The zero-order valence-corrected chi connectivity index (χ0v) is 12.9. The van der Waals surface area contributed by atoms with Crippen LogP contribution in [0, 0.1) is 5.92 Å². The topological polar surface area (TPSA) is 59.2 Å². The van der Waals surface area contributed by atoms with Crippen LogP contribution < -0.4 is 0 Å². The van der Waals surface area contributed by atoms with Crippen LogP contribution in [0.15, 0.2) is 4.52 Å². The van der Waals surface area contributed by atoms with Gasteiger partial charge in [-0.05, 0) is 38.5 Å². The molecule has 0 unspecified atom stereocenters. The second-order valence-electron chi connectivity index (χ2n) is 6.32. The van der Waals surface area contributed by atoms with Crippen molar-refractivity contribution in [1.29, 1.82) is 0 Å². The molecule has 0 spiro atoms. The van der Waals surface area contributed by atoms with E-state index in [4.69, 9.17) is 4.52 Å². The van der Waals surface area contributed by atoms with Crippen LogP contribution in [0.2, 0.25) is 0 Å². The minimum atomic E-state index is 0.00459. The van der Waals surface area contributed by atoms with Crippen molar-refractivity contribution < 1.29 is 9.32 Å². The van der Waals surface area contributed by atoms with Gasteiger partial charge in [0.05, 0.1) is 0 Å². The molecule has 0 bridgehead atoms. The van der Waals surface area contributed by atoms with Gasteiger partial charge in [-0.2, -0.15) is 4.98 Å². The Hall–Kier alpha value is -1.39. The van der Waals surface area contributed by atoms with Crippen LogP contribution in [0.5, 0.6) is 0 Å². The van der Waals surface area contributed by atoms with Crippen molar-refractivity contribution in [1.82, 2.24) is 15.0 Å². The molecule has 0 N–H and O–H groups in total. The van der Waals surface area contributed by atoms with E-state index in [1.807, 2.05) is 4.90 Å². The van der Waals surface area contributed by atoms with Crippen molar-refractivity contribution in [2.75, 3.05) is 6.54 Å². The molecule has 2 aliphatic rings. The fourth-order valence-corrected chi connectivity index (χ4v) is 3.59. The van der Waals surface area contributed by atoms with Crippen molar-refractivity contribution in [2.45, 2.75) is 70.8 Å². The van der Waals surface area contributed by atoms with Gasteiger partial charge < -0.3 is 9.42 Å². The second-order valence-corrected chi connectivity index (χ2v) is 6.32. The van der Waals surface area contributed by atoms with Gasteiger partial charge in [0.2, 0.25) is 11.8 Å². The molecule has 1 amide bonds. The predicted molar refractivity (Wildman–Crippen MR) is 78.6 cm³/mol. The van der Waals surface area contributed by atoms with Crippen molar-refractivity contribution in [3.05, 3.63) is 11.7 Å². The molecule has 5 nitrogen and oxygen atoms in total. The molecule has 5 heteroatoms. The minimum absolute atomic E-state index is 0.00459. The van der Waals surface area contributed by atoms with Crippen LogP contribution in [-0.4, -0.2) is 27.5 Å². The summed E-state index contributed by atoms with van der Waals surface area (Å²) in [4.78, 5) is 19.3. The first-order valence-electron chi connectivity index (χ1n) is 8.42. The SMILES string of the molecule is CCCc1noc([C@@H]2CCCCN2C(=O)C2CCCC2)n1. The lowest BCUT2D eigenvalue weighted by atomic mass is 9.98. The number of carbonyl (C=O) groups excluding carboxylic acids is 1. The highest BCUT2D eigenvalue weighted by Crippen LogP contribution is 2.34. The Balaban J connectivity index is 1.75. The van der Waals surface area contributed by atoms with Gasteiger partial charge in [0, 0.05) is 18.9 Å². The van der Waals surface area contributed by atoms with Gasteiger partial charge in [0.1, 0.15) is 6.04 Å². The number of nitrogens with zero attached hydrogens (tertiary/aromatic N) is 3. The zero-order valence-electron chi connectivity index (χ0n) is 12.9. The van der Waals surface area contributed by atoms with E-state index in [0.717, 1.165) is 57.3 Å². The highest BCUT2D eigenvalue weighted by molar-refractivity contribution is 5.79. The molecule has 2 fully saturated rings. The molecular weight excluding hydrogens is 266 g/mol. The van der Waals surface area contributed by atoms with Gasteiger partial charge in [-0.15, -0.1) is 0 Å². The van der Waals surface area contributed by atoms with Crippen LogP contribution in [0.25, 0.3) is 0 Å². The van der Waals surface area contributed by atoms with E-state index in [2.05, 4.69) is 17.1 Å². The van der Waals surface area contributed by atoms with E-state index in [1.165, 1.54) is 12.8 Å². The fourth-order valence-electron chi connectivity index (χ4n) is 3.59. The maximum Gasteiger partial charge on any atom is 0.249 e. The first-order chi connectivity index (χ1) is 10.3. The summed E-state index contributed by atoms with van der Waals surface area (Å²) in [6, 6.07) is 0.00459. The summed E-state index contributed by atoms with van der Waals surface area (Å²) >= 11 is 0. The molecule has 1 aromatic rings. The first-order valence-corrected chi connectivity index (χ1v) is 8.42. The van der Waals surface area contributed by atoms with Crippen molar-refractivity contribution in [2.24, 2.45) is 5.92 Å². The summed E-state index contributed by atoms with van der Waals surface area (Å²) in [5, 5.41) is 4.05. The van der Waals surface area contributed by atoms with Gasteiger partial charge in [0.15, 0.2) is 5.82 Å². The Morgan fingerprint density at radius 2 is 2.00 bits per heavy atom. The summed E-state index contributed by atoms with van der Waals surface area (Å²) < 4.78 is 5.44. The molecule has 2 heterocycles. The van der Waals surface area contributed by atoms with Crippen LogP contribution >= 0.6 is 0 Å². The van der Waals surface area contributed by atoms with Gasteiger partial charge in [0.25, 0.3) is 0 Å². The molecule has 3 rings (SSSR count). The normalized spacial score (nSPS) is 23.7. The summed E-state index contributed by atoms with van der Waals surface area (Å²) in [5.74, 6) is 1.95. The van der Waals surface area contributed by atoms with Crippen LogP contribution in [-0.2, 0) is 11.2 Å². The molecule has 1 aliphatic heterocycles. The lowest BCUT2D eigenvalue weighted by molar-refractivity contribution is -0.140. The monoisotopic (exact) mass is 291 g/mol. The molecule has 1 saturated carbocycles. The number of piperidine rings is 1. The molecule has 1 aliphatic carbocycles. The Kier molecular flexibility index (Phi) is 4.56. The number of amides is 1. The van der Waals surface area contributed by atoms with E-state index >= 15 is 0 Å². The van der Waals surface area contributed by atoms with Crippen LogP contribution in [0.4, 0.5) is 0 Å². The molecule has 21 heavy (non-hydrogen) atoms. The van der Waals surface area contributed by atoms with Crippen molar-refractivity contribution in [3.63, 3.8) is 0 Å². The standard InChI is InChI=1S/C16H25N3O2/c1-2-7-14-17-15(21-18-14)13-10-5-6-11-19(13)16(20)12-8-3-4-9-12/h12-13H,2-11H2,1H3/t13-/m0/s1. The van der Waals surface area contributed by atoms with Gasteiger partial charge in [-0.25, -0.2) is 0 Å². The Morgan fingerprint density at radius 3 is 2.76 bits per heavy atom. The number of hydrogen-bond acceptors (Lipinski definition) is 4. The maximum absolute atomic E-state index is 12.8. The molecule has 1 aromatic heterocycles. The average molecular weight is 291 g/mol. The highest BCUT2D eigenvalue weighted by Gasteiger charge is 2.36. The molecule has 1 saturated heterocycles. The van der Waals surface area contributed by atoms with E-state index in [1.54, 1.807) is 0 Å². The van der Waals surface area contributed by atoms with Crippen molar-refractivity contribution >= 4 is 5.91 Å². The smallest absolute Gasteiger partial charge is 0.249 e. The summed E-state index contributed by atoms with van der Waals surface area (Å²) in [6.07, 6.45) is 9.50. The molecule has 0 aromatic carbocycles. The number of rotatable bonds is 4. The number of likely N-dealkylation sites (tertiary alicyclic amines) is 1. The van der Waals surface area contributed by atoms with Crippen molar-refractivity contribution in [3.8, 4) is 0 Å².